The highest BCUT2D eigenvalue weighted by molar-refractivity contribution is 5.77. The van der Waals surface area contributed by atoms with Gasteiger partial charge < -0.3 is 5.32 Å². The quantitative estimate of drug-likeness (QED) is 0.789. The van der Waals surface area contributed by atoms with Crippen LogP contribution in [0.2, 0.25) is 0 Å². The zero-order chi connectivity index (χ0) is 13.8. The summed E-state index contributed by atoms with van der Waals surface area (Å²) in [5.41, 5.74) is 3.88. The van der Waals surface area contributed by atoms with Gasteiger partial charge in [0.25, 0.3) is 0 Å². The molecular formula is C19H23N. The highest BCUT2D eigenvalue weighted by atomic mass is 14.9. The number of hydrogen-bond acceptors (Lipinski definition) is 1. The third kappa shape index (κ3) is 3.04. The summed E-state index contributed by atoms with van der Waals surface area (Å²) in [6.07, 6.45) is 5.30. The summed E-state index contributed by atoms with van der Waals surface area (Å²) in [6, 6.07) is 20.0. The standard InChI is InChI=1S/C19H23N/c1-15-11-13-17(14-12-15)20-19-10-6-5-9-18(19)16-7-3-2-4-8-16/h2-10,15,17,20H,11-14H2,1H3. The third-order valence-electron chi connectivity index (χ3n) is 4.39. The topological polar surface area (TPSA) is 12.0 Å². The molecule has 0 atom stereocenters. The summed E-state index contributed by atoms with van der Waals surface area (Å²) in [5.74, 6) is 0.900. The second-order valence-corrected chi connectivity index (χ2v) is 6.01. The van der Waals surface area contributed by atoms with Crippen LogP contribution in [-0.2, 0) is 0 Å². The zero-order valence-corrected chi connectivity index (χ0v) is 12.2. The fraction of sp³-hybridized carbons (Fsp3) is 0.368. The average molecular weight is 265 g/mol. The molecule has 20 heavy (non-hydrogen) atoms. The van der Waals surface area contributed by atoms with E-state index in [2.05, 4.69) is 66.8 Å². The molecule has 0 amide bonds. The van der Waals surface area contributed by atoms with Crippen molar-refractivity contribution in [1.82, 2.24) is 0 Å². The highest BCUT2D eigenvalue weighted by Crippen LogP contribution is 2.31. The molecule has 0 saturated heterocycles. The summed E-state index contributed by atoms with van der Waals surface area (Å²) >= 11 is 0. The Morgan fingerprint density at radius 3 is 2.20 bits per heavy atom. The van der Waals surface area contributed by atoms with Crippen molar-refractivity contribution in [1.29, 1.82) is 0 Å². The molecule has 0 bridgehead atoms. The summed E-state index contributed by atoms with van der Waals surface area (Å²) in [7, 11) is 0. The van der Waals surface area contributed by atoms with Gasteiger partial charge in [-0.15, -0.1) is 0 Å². The van der Waals surface area contributed by atoms with Gasteiger partial charge in [-0.2, -0.15) is 0 Å². The molecule has 0 spiro atoms. The lowest BCUT2D eigenvalue weighted by molar-refractivity contribution is 0.361. The number of nitrogens with one attached hydrogen (secondary N) is 1. The molecule has 1 nitrogen and oxygen atoms in total. The second-order valence-electron chi connectivity index (χ2n) is 6.01. The van der Waals surface area contributed by atoms with E-state index in [0.29, 0.717) is 6.04 Å². The Morgan fingerprint density at radius 2 is 1.45 bits per heavy atom. The van der Waals surface area contributed by atoms with Crippen LogP contribution in [0.1, 0.15) is 32.6 Å². The van der Waals surface area contributed by atoms with Crippen molar-refractivity contribution in [3.05, 3.63) is 54.6 Å². The van der Waals surface area contributed by atoms with Crippen LogP contribution in [0.5, 0.6) is 0 Å². The molecule has 2 aromatic carbocycles. The molecule has 0 aromatic heterocycles. The van der Waals surface area contributed by atoms with E-state index in [9.17, 15) is 0 Å². The maximum absolute atomic E-state index is 3.77. The molecule has 0 aliphatic heterocycles. The fourth-order valence-corrected chi connectivity index (χ4v) is 3.10. The molecule has 1 fully saturated rings. The summed E-state index contributed by atoms with van der Waals surface area (Å²) in [6.45, 7) is 2.37. The summed E-state index contributed by atoms with van der Waals surface area (Å²) < 4.78 is 0. The van der Waals surface area contributed by atoms with E-state index in [1.54, 1.807) is 0 Å². The van der Waals surface area contributed by atoms with E-state index in [-0.39, 0.29) is 0 Å². The van der Waals surface area contributed by atoms with Crippen LogP contribution >= 0.6 is 0 Å². The van der Waals surface area contributed by atoms with E-state index in [1.807, 2.05) is 0 Å². The number of para-hydroxylation sites is 1. The molecule has 0 unspecified atom stereocenters. The largest absolute Gasteiger partial charge is 0.382 e. The minimum Gasteiger partial charge on any atom is -0.382 e. The van der Waals surface area contributed by atoms with Gasteiger partial charge in [-0.05, 0) is 43.2 Å². The number of benzene rings is 2. The molecule has 1 heteroatoms. The Kier molecular flexibility index (Phi) is 4.05. The Balaban J connectivity index is 1.80. The van der Waals surface area contributed by atoms with E-state index in [4.69, 9.17) is 0 Å². The van der Waals surface area contributed by atoms with Gasteiger partial charge in [0.05, 0.1) is 0 Å². The SMILES string of the molecule is CC1CCC(Nc2ccccc2-c2ccccc2)CC1. The molecule has 0 heterocycles. The van der Waals surface area contributed by atoms with Crippen LogP contribution in [0.25, 0.3) is 11.1 Å². The molecule has 1 N–H and O–H groups in total. The predicted molar refractivity (Wildman–Crippen MR) is 86.9 cm³/mol. The van der Waals surface area contributed by atoms with Crippen molar-refractivity contribution >= 4 is 5.69 Å². The monoisotopic (exact) mass is 265 g/mol. The average Bonchev–Trinajstić information content (AvgIpc) is 2.51. The second kappa shape index (κ2) is 6.13. The molecular weight excluding hydrogens is 242 g/mol. The first-order chi connectivity index (χ1) is 9.83. The first kappa shape index (κ1) is 13.2. The number of anilines is 1. The van der Waals surface area contributed by atoms with Crippen LogP contribution in [0.4, 0.5) is 5.69 Å². The lowest BCUT2D eigenvalue weighted by Crippen LogP contribution is -2.25. The molecule has 3 rings (SSSR count). The maximum Gasteiger partial charge on any atom is 0.0422 e. The lowest BCUT2D eigenvalue weighted by atomic mass is 9.87. The first-order valence-corrected chi connectivity index (χ1v) is 7.74. The van der Waals surface area contributed by atoms with E-state index in [0.717, 1.165) is 5.92 Å². The summed E-state index contributed by atoms with van der Waals surface area (Å²) in [4.78, 5) is 0. The van der Waals surface area contributed by atoms with Crippen LogP contribution in [0.3, 0.4) is 0 Å². The van der Waals surface area contributed by atoms with Gasteiger partial charge in [0.2, 0.25) is 0 Å². The normalized spacial score (nSPS) is 22.4. The van der Waals surface area contributed by atoms with Gasteiger partial charge in [0.15, 0.2) is 0 Å². The fourth-order valence-electron chi connectivity index (χ4n) is 3.10. The van der Waals surface area contributed by atoms with Gasteiger partial charge in [-0.25, -0.2) is 0 Å². The molecule has 104 valence electrons. The Hall–Kier alpha value is -1.76. The predicted octanol–water partition coefficient (Wildman–Crippen LogP) is 5.34. The van der Waals surface area contributed by atoms with Crippen molar-refractivity contribution in [3.63, 3.8) is 0 Å². The minimum absolute atomic E-state index is 0.635. The minimum atomic E-state index is 0.635. The van der Waals surface area contributed by atoms with Crippen LogP contribution in [-0.4, -0.2) is 6.04 Å². The Labute approximate surface area is 122 Å². The van der Waals surface area contributed by atoms with Crippen LogP contribution in [0.15, 0.2) is 54.6 Å². The van der Waals surface area contributed by atoms with Crippen molar-refractivity contribution < 1.29 is 0 Å². The molecule has 1 aliphatic carbocycles. The van der Waals surface area contributed by atoms with Gasteiger partial charge in [0.1, 0.15) is 0 Å². The van der Waals surface area contributed by atoms with Crippen molar-refractivity contribution in [3.8, 4) is 11.1 Å². The Morgan fingerprint density at radius 1 is 0.800 bits per heavy atom. The molecule has 2 aromatic rings. The van der Waals surface area contributed by atoms with Gasteiger partial charge in [-0.3, -0.25) is 0 Å². The van der Waals surface area contributed by atoms with Crippen molar-refractivity contribution in [2.75, 3.05) is 5.32 Å². The van der Waals surface area contributed by atoms with E-state index in [1.165, 1.54) is 42.5 Å². The smallest absolute Gasteiger partial charge is 0.0422 e. The molecule has 1 aliphatic rings. The number of rotatable bonds is 3. The van der Waals surface area contributed by atoms with Gasteiger partial charge in [-0.1, -0.05) is 55.5 Å². The first-order valence-electron chi connectivity index (χ1n) is 7.74. The molecule has 0 radical (unpaired) electrons. The molecule has 1 saturated carbocycles. The zero-order valence-electron chi connectivity index (χ0n) is 12.2. The number of hydrogen-bond donors (Lipinski definition) is 1. The van der Waals surface area contributed by atoms with Crippen LogP contribution in [0, 0.1) is 5.92 Å². The Bertz CT molecular complexity index is 539. The van der Waals surface area contributed by atoms with Crippen LogP contribution < -0.4 is 5.32 Å². The van der Waals surface area contributed by atoms with E-state index >= 15 is 0 Å². The van der Waals surface area contributed by atoms with Crippen molar-refractivity contribution in [2.24, 2.45) is 5.92 Å². The summed E-state index contributed by atoms with van der Waals surface area (Å²) in [5, 5.41) is 3.77. The van der Waals surface area contributed by atoms with Gasteiger partial charge >= 0.3 is 0 Å². The van der Waals surface area contributed by atoms with Crippen molar-refractivity contribution in [2.45, 2.75) is 38.6 Å². The lowest BCUT2D eigenvalue weighted by Gasteiger charge is -2.28. The maximum atomic E-state index is 3.77. The highest BCUT2D eigenvalue weighted by Gasteiger charge is 2.18. The third-order valence-corrected chi connectivity index (χ3v) is 4.39. The van der Waals surface area contributed by atoms with E-state index < -0.39 is 0 Å². The van der Waals surface area contributed by atoms with Gasteiger partial charge in [0, 0.05) is 17.3 Å².